The Labute approximate surface area is 53.1 Å². The molecule has 51 valence electrons. The van der Waals surface area contributed by atoms with E-state index in [-0.39, 0.29) is 6.54 Å². The largest absolute Gasteiger partial charge is 0.465 e. The number of rotatable bonds is 3. The van der Waals surface area contributed by atoms with E-state index in [0.29, 0.717) is 11.3 Å². The van der Waals surface area contributed by atoms with Gasteiger partial charge in [0.2, 0.25) is 0 Å². The maximum Gasteiger partial charge on any atom is 0.414 e. The van der Waals surface area contributed by atoms with E-state index < -0.39 is 6.09 Å². The van der Waals surface area contributed by atoms with Crippen LogP contribution in [0.3, 0.4) is 0 Å². The van der Waals surface area contributed by atoms with Crippen molar-refractivity contribution in [3.05, 3.63) is 0 Å². The highest BCUT2D eigenvalue weighted by molar-refractivity contribution is 5.78. The molecule has 0 aliphatic carbocycles. The lowest BCUT2D eigenvalue weighted by atomic mass is 10.5. The van der Waals surface area contributed by atoms with Gasteiger partial charge in [-0.25, -0.2) is 9.69 Å². The van der Waals surface area contributed by atoms with Gasteiger partial charge < -0.3 is 5.11 Å². The lowest BCUT2D eigenvalue weighted by molar-refractivity contribution is 0.168. The van der Waals surface area contributed by atoms with Gasteiger partial charge in [0, 0.05) is 6.54 Å². The average molecular weight is 130 g/mol. The van der Waals surface area contributed by atoms with Crippen LogP contribution in [0.2, 0.25) is 0 Å². The first-order valence-electron chi connectivity index (χ1n) is 2.60. The Kier molecular flexibility index (Phi) is 3.43. The molecule has 0 bridgehead atoms. The molecule has 0 saturated heterocycles. The van der Waals surface area contributed by atoms with Crippen molar-refractivity contribution in [1.82, 2.24) is 4.90 Å². The first-order valence-corrected chi connectivity index (χ1v) is 2.60. The van der Waals surface area contributed by atoms with Crippen molar-refractivity contribution in [2.45, 2.75) is 13.3 Å². The van der Waals surface area contributed by atoms with Gasteiger partial charge in [0.1, 0.15) is 0 Å². The smallest absolute Gasteiger partial charge is 0.414 e. The molecule has 0 aliphatic rings. The third kappa shape index (κ3) is 2.69. The van der Waals surface area contributed by atoms with E-state index in [4.69, 9.17) is 5.11 Å². The van der Waals surface area contributed by atoms with Crippen molar-refractivity contribution < 1.29 is 14.7 Å². The molecule has 1 N–H and O–H groups in total. The van der Waals surface area contributed by atoms with Crippen molar-refractivity contribution in [3.63, 3.8) is 0 Å². The Balaban J connectivity index is 3.68. The van der Waals surface area contributed by atoms with Gasteiger partial charge in [-0.15, -0.1) is 0 Å². The van der Waals surface area contributed by atoms with Gasteiger partial charge in [0.25, 0.3) is 0 Å². The van der Waals surface area contributed by atoms with Crippen LogP contribution in [-0.2, 0) is 4.79 Å². The lowest BCUT2D eigenvalue weighted by Crippen LogP contribution is -2.28. The van der Waals surface area contributed by atoms with Crippen molar-refractivity contribution in [2.75, 3.05) is 6.54 Å². The van der Waals surface area contributed by atoms with Crippen LogP contribution in [0.25, 0.3) is 0 Å². The number of amides is 2. The minimum absolute atomic E-state index is 0.221. The second-order valence-electron chi connectivity index (χ2n) is 1.53. The average Bonchev–Trinajstić information content (AvgIpc) is 1.82. The van der Waals surface area contributed by atoms with Crippen molar-refractivity contribution in [3.8, 4) is 0 Å². The summed E-state index contributed by atoms with van der Waals surface area (Å²) in [5, 5.41) is 8.17. The van der Waals surface area contributed by atoms with E-state index in [2.05, 4.69) is 0 Å². The Morgan fingerprint density at radius 3 is 2.44 bits per heavy atom. The number of carbonyl (C=O) groups excluding carboxylic acids is 1. The summed E-state index contributed by atoms with van der Waals surface area (Å²) >= 11 is 0. The fourth-order valence-corrected chi connectivity index (χ4v) is 0.404. The van der Waals surface area contributed by atoms with Crippen LogP contribution in [0.5, 0.6) is 0 Å². The summed E-state index contributed by atoms with van der Waals surface area (Å²) in [4.78, 5) is 20.3. The van der Waals surface area contributed by atoms with Crippen LogP contribution in [0.4, 0.5) is 4.79 Å². The highest BCUT2D eigenvalue weighted by Gasteiger charge is 2.07. The summed E-state index contributed by atoms with van der Waals surface area (Å²) < 4.78 is 0. The van der Waals surface area contributed by atoms with Gasteiger partial charge in [-0.3, -0.25) is 4.79 Å². The van der Waals surface area contributed by atoms with Crippen LogP contribution in [0.15, 0.2) is 0 Å². The zero-order valence-electron chi connectivity index (χ0n) is 5.13. The van der Waals surface area contributed by atoms with E-state index >= 15 is 0 Å². The first kappa shape index (κ1) is 7.94. The molecule has 2 amide bonds. The minimum Gasteiger partial charge on any atom is -0.465 e. The lowest BCUT2D eigenvalue weighted by Gasteiger charge is -2.05. The van der Waals surface area contributed by atoms with E-state index in [0.717, 1.165) is 0 Å². The fourth-order valence-electron chi connectivity index (χ4n) is 0.404. The standard InChI is InChI=1S/C5H8NO3/c1-2-3-6(4-7)5(8)9/h2-3H2,1H3,(H,8,9). The summed E-state index contributed by atoms with van der Waals surface area (Å²) in [5.41, 5.74) is 0. The number of nitrogens with zero attached hydrogens (tertiary/aromatic N) is 1. The highest BCUT2D eigenvalue weighted by atomic mass is 16.4. The van der Waals surface area contributed by atoms with E-state index in [1.165, 1.54) is 6.41 Å². The second-order valence-corrected chi connectivity index (χ2v) is 1.53. The fraction of sp³-hybridized carbons (Fsp3) is 0.600. The van der Waals surface area contributed by atoms with Crippen molar-refractivity contribution in [2.24, 2.45) is 0 Å². The summed E-state index contributed by atoms with van der Waals surface area (Å²) in [5.74, 6) is 0. The maximum atomic E-state index is 9.98. The van der Waals surface area contributed by atoms with E-state index in [1.807, 2.05) is 0 Å². The summed E-state index contributed by atoms with van der Waals surface area (Å²) in [6, 6.07) is 0. The van der Waals surface area contributed by atoms with Crippen LogP contribution < -0.4 is 0 Å². The van der Waals surface area contributed by atoms with Gasteiger partial charge >= 0.3 is 12.5 Å². The molecule has 0 aromatic heterocycles. The number of hydrogen-bond acceptors (Lipinski definition) is 2. The second kappa shape index (κ2) is 3.88. The molecule has 4 nitrogen and oxygen atoms in total. The monoisotopic (exact) mass is 130 g/mol. The first-order chi connectivity index (χ1) is 4.22. The Hall–Kier alpha value is -1.06. The minimum atomic E-state index is -1.24. The Morgan fingerprint density at radius 2 is 2.33 bits per heavy atom. The highest BCUT2D eigenvalue weighted by Crippen LogP contribution is 1.85. The molecule has 1 radical (unpaired) electrons. The Morgan fingerprint density at radius 1 is 1.78 bits per heavy atom. The van der Waals surface area contributed by atoms with E-state index in [9.17, 15) is 9.59 Å². The predicted molar refractivity (Wildman–Crippen MR) is 30.7 cm³/mol. The molecule has 0 unspecified atom stereocenters. The van der Waals surface area contributed by atoms with Crippen molar-refractivity contribution in [1.29, 1.82) is 0 Å². The molecule has 0 spiro atoms. The molecular weight excluding hydrogens is 122 g/mol. The Bertz CT molecular complexity index is 113. The summed E-state index contributed by atoms with van der Waals surface area (Å²) in [6.07, 6.45) is 0.669. The zero-order valence-corrected chi connectivity index (χ0v) is 5.13. The van der Waals surface area contributed by atoms with Crippen LogP contribution in [-0.4, -0.2) is 29.1 Å². The molecule has 0 saturated carbocycles. The molecule has 0 heterocycles. The van der Waals surface area contributed by atoms with Crippen LogP contribution in [0.1, 0.15) is 13.3 Å². The molecule has 0 fully saturated rings. The molecular formula is C5H8NO3. The topological polar surface area (TPSA) is 57.6 Å². The maximum absolute atomic E-state index is 9.98. The molecule has 4 heteroatoms. The van der Waals surface area contributed by atoms with Gasteiger partial charge in [0.15, 0.2) is 0 Å². The molecule has 9 heavy (non-hydrogen) atoms. The summed E-state index contributed by atoms with van der Waals surface area (Å²) in [7, 11) is 0. The number of carboxylic acid groups (broad SMARTS) is 1. The molecule has 0 aromatic rings. The van der Waals surface area contributed by atoms with Crippen LogP contribution in [0, 0.1) is 0 Å². The molecule has 0 aromatic carbocycles. The normalized spacial score (nSPS) is 8.56. The van der Waals surface area contributed by atoms with Crippen molar-refractivity contribution >= 4 is 12.5 Å². The zero-order chi connectivity index (χ0) is 7.28. The molecule has 0 aliphatic heterocycles. The van der Waals surface area contributed by atoms with Gasteiger partial charge in [-0.1, -0.05) is 6.92 Å². The van der Waals surface area contributed by atoms with E-state index in [1.54, 1.807) is 6.92 Å². The number of hydrogen-bond donors (Lipinski definition) is 1. The number of imide groups is 1. The third-order valence-electron chi connectivity index (χ3n) is 0.788. The quantitative estimate of drug-likeness (QED) is 0.564. The molecule has 0 rings (SSSR count). The number of carbonyl (C=O) groups is 1. The molecule has 0 atom stereocenters. The summed E-state index contributed by atoms with van der Waals surface area (Å²) in [6.45, 7) is 2.01. The van der Waals surface area contributed by atoms with Gasteiger partial charge in [0.05, 0.1) is 0 Å². The van der Waals surface area contributed by atoms with Gasteiger partial charge in [-0.05, 0) is 6.42 Å². The third-order valence-corrected chi connectivity index (χ3v) is 0.788. The predicted octanol–water partition coefficient (Wildman–Crippen LogP) is 0.444. The van der Waals surface area contributed by atoms with Crippen LogP contribution >= 0.6 is 0 Å². The SMILES string of the molecule is CCCN([C]=O)C(=O)O. The van der Waals surface area contributed by atoms with Gasteiger partial charge in [-0.2, -0.15) is 0 Å².